The van der Waals surface area contributed by atoms with Crippen molar-refractivity contribution in [1.29, 1.82) is 0 Å². The maximum Gasteiger partial charge on any atom is 0.266 e. The number of nitrogens with zero attached hydrogens (tertiary/aromatic N) is 2. The van der Waals surface area contributed by atoms with Crippen LogP contribution in [-0.2, 0) is 9.59 Å². The van der Waals surface area contributed by atoms with Gasteiger partial charge in [0, 0.05) is 31.3 Å². The zero-order chi connectivity index (χ0) is 18.4. The number of hydrogen-bond donors (Lipinski definition) is 0. The lowest BCUT2D eigenvalue weighted by Gasteiger charge is -2.20. The first-order valence-electron chi connectivity index (χ1n) is 8.26. The summed E-state index contributed by atoms with van der Waals surface area (Å²) in [6.45, 7) is 6.42. The maximum atomic E-state index is 12.4. The Labute approximate surface area is 157 Å². The summed E-state index contributed by atoms with van der Waals surface area (Å²) in [6, 6.07) is 8.05. The third-order valence-electron chi connectivity index (χ3n) is 3.96. The molecular formula is C18H21N2O3S2-. The van der Waals surface area contributed by atoms with Gasteiger partial charge in [-0.3, -0.25) is 9.69 Å². The van der Waals surface area contributed by atoms with Gasteiger partial charge in [0.1, 0.15) is 4.32 Å². The topological polar surface area (TPSA) is 63.7 Å². The van der Waals surface area contributed by atoms with Gasteiger partial charge in [0.25, 0.3) is 5.91 Å². The Morgan fingerprint density at radius 1 is 1.28 bits per heavy atom. The number of thiocarbonyl (C=S) groups is 1. The van der Waals surface area contributed by atoms with E-state index in [0.29, 0.717) is 22.2 Å². The Balaban J connectivity index is 2.07. The van der Waals surface area contributed by atoms with E-state index in [0.717, 1.165) is 24.3 Å². The van der Waals surface area contributed by atoms with Crippen LogP contribution in [-0.4, -0.2) is 40.7 Å². The predicted octanol–water partition coefficient (Wildman–Crippen LogP) is 2.26. The molecule has 1 heterocycles. The standard InChI is InChI=1S/C18H22N2O3S2/c1-3-19(4-2)14-9-7-13(8-10-14)12-15-17(23)20(18(24)25-15)11-5-6-16(21)22/h7-10,12H,3-6,11H2,1-2H3,(H,21,22)/p-1/b15-12-. The molecule has 0 N–H and O–H groups in total. The van der Waals surface area contributed by atoms with E-state index in [4.69, 9.17) is 12.2 Å². The van der Waals surface area contributed by atoms with Gasteiger partial charge >= 0.3 is 0 Å². The van der Waals surface area contributed by atoms with Crippen LogP contribution in [0.2, 0.25) is 0 Å². The number of carboxylic acids is 1. The summed E-state index contributed by atoms with van der Waals surface area (Å²) in [5.74, 6) is -1.28. The van der Waals surface area contributed by atoms with Crippen LogP contribution in [0.25, 0.3) is 6.08 Å². The van der Waals surface area contributed by atoms with Crippen LogP contribution in [0, 0.1) is 0 Å². The molecule has 1 aromatic carbocycles. The summed E-state index contributed by atoms with van der Waals surface area (Å²) in [5.41, 5.74) is 2.09. The molecule has 0 aliphatic carbocycles. The quantitative estimate of drug-likeness (QED) is 0.512. The molecular weight excluding hydrogens is 356 g/mol. The van der Waals surface area contributed by atoms with Crippen molar-refractivity contribution in [2.75, 3.05) is 24.5 Å². The van der Waals surface area contributed by atoms with Gasteiger partial charge in [-0.2, -0.15) is 0 Å². The summed E-state index contributed by atoms with van der Waals surface area (Å²) >= 11 is 6.48. The highest BCUT2D eigenvalue weighted by molar-refractivity contribution is 8.26. The molecule has 0 bridgehead atoms. The van der Waals surface area contributed by atoms with E-state index in [9.17, 15) is 14.7 Å². The Morgan fingerprint density at radius 3 is 2.48 bits per heavy atom. The number of anilines is 1. The van der Waals surface area contributed by atoms with E-state index in [-0.39, 0.29) is 12.3 Å². The normalized spacial score (nSPS) is 15.9. The number of thioether (sulfide) groups is 1. The Hall–Kier alpha value is -1.86. The van der Waals surface area contributed by atoms with Gasteiger partial charge in [-0.1, -0.05) is 36.1 Å². The average molecular weight is 378 g/mol. The minimum absolute atomic E-state index is 0.0804. The van der Waals surface area contributed by atoms with Crippen LogP contribution >= 0.6 is 24.0 Å². The fourth-order valence-electron chi connectivity index (χ4n) is 2.60. The minimum atomic E-state index is -1.12. The number of aliphatic carboxylic acids is 1. The first-order chi connectivity index (χ1) is 12.0. The molecule has 2 rings (SSSR count). The van der Waals surface area contributed by atoms with Crippen molar-refractivity contribution >= 4 is 51.9 Å². The van der Waals surface area contributed by atoms with Gasteiger partial charge in [-0.25, -0.2) is 0 Å². The van der Waals surface area contributed by atoms with E-state index in [2.05, 4.69) is 18.7 Å². The number of benzene rings is 1. The second-order valence-corrected chi connectivity index (χ2v) is 7.25. The van der Waals surface area contributed by atoms with Gasteiger partial charge in [0.15, 0.2) is 0 Å². The molecule has 5 nitrogen and oxygen atoms in total. The predicted molar refractivity (Wildman–Crippen MR) is 104 cm³/mol. The Morgan fingerprint density at radius 2 is 1.92 bits per heavy atom. The highest BCUT2D eigenvalue weighted by Crippen LogP contribution is 2.33. The lowest BCUT2D eigenvalue weighted by Crippen LogP contribution is -2.30. The number of carbonyl (C=O) groups is 2. The second kappa shape index (κ2) is 9.01. The molecule has 0 saturated carbocycles. The van der Waals surface area contributed by atoms with Crippen molar-refractivity contribution in [3.63, 3.8) is 0 Å². The third kappa shape index (κ3) is 5.06. The monoisotopic (exact) mass is 377 g/mol. The second-order valence-electron chi connectivity index (χ2n) is 5.57. The summed E-state index contributed by atoms with van der Waals surface area (Å²) in [6.07, 6.45) is 2.08. The van der Waals surface area contributed by atoms with Crippen LogP contribution in [0.4, 0.5) is 5.69 Å². The first-order valence-corrected chi connectivity index (χ1v) is 9.49. The molecule has 1 aliphatic heterocycles. The largest absolute Gasteiger partial charge is 0.550 e. The lowest BCUT2D eigenvalue weighted by molar-refractivity contribution is -0.305. The number of rotatable bonds is 8. The van der Waals surface area contributed by atoms with Gasteiger partial charge in [0.2, 0.25) is 0 Å². The number of hydrogen-bond acceptors (Lipinski definition) is 6. The van der Waals surface area contributed by atoms with E-state index in [1.165, 1.54) is 16.7 Å². The molecule has 1 fully saturated rings. The minimum Gasteiger partial charge on any atom is -0.550 e. The molecule has 134 valence electrons. The Bertz CT molecular complexity index is 682. The molecule has 0 unspecified atom stereocenters. The van der Waals surface area contributed by atoms with Crippen molar-refractivity contribution in [2.45, 2.75) is 26.7 Å². The van der Waals surface area contributed by atoms with Crippen LogP contribution < -0.4 is 10.0 Å². The van der Waals surface area contributed by atoms with Crippen LogP contribution in [0.5, 0.6) is 0 Å². The molecule has 1 saturated heterocycles. The highest BCUT2D eigenvalue weighted by Gasteiger charge is 2.31. The zero-order valence-corrected chi connectivity index (χ0v) is 16.0. The average Bonchev–Trinajstić information content (AvgIpc) is 2.84. The number of carboxylic acid groups (broad SMARTS) is 1. The summed E-state index contributed by atoms with van der Waals surface area (Å²) < 4.78 is 0.467. The Kier molecular flexibility index (Phi) is 7.01. The van der Waals surface area contributed by atoms with E-state index in [1.54, 1.807) is 0 Å². The highest BCUT2D eigenvalue weighted by atomic mass is 32.2. The summed E-state index contributed by atoms with van der Waals surface area (Å²) in [7, 11) is 0. The molecule has 7 heteroatoms. The lowest BCUT2D eigenvalue weighted by atomic mass is 10.1. The van der Waals surface area contributed by atoms with Crippen molar-refractivity contribution in [3.8, 4) is 0 Å². The molecule has 0 radical (unpaired) electrons. The summed E-state index contributed by atoms with van der Waals surface area (Å²) in [5, 5.41) is 10.5. The van der Waals surface area contributed by atoms with Crippen molar-refractivity contribution in [1.82, 2.24) is 4.90 Å². The van der Waals surface area contributed by atoms with Crippen molar-refractivity contribution in [3.05, 3.63) is 34.7 Å². The van der Waals surface area contributed by atoms with Crippen LogP contribution in [0.3, 0.4) is 0 Å². The van der Waals surface area contributed by atoms with Gasteiger partial charge in [-0.15, -0.1) is 0 Å². The van der Waals surface area contributed by atoms with Crippen molar-refractivity contribution < 1.29 is 14.7 Å². The molecule has 0 atom stereocenters. The number of amides is 1. The van der Waals surface area contributed by atoms with E-state index in [1.807, 2.05) is 30.3 Å². The van der Waals surface area contributed by atoms with E-state index >= 15 is 0 Å². The fraction of sp³-hybridized carbons (Fsp3) is 0.389. The van der Waals surface area contributed by atoms with Crippen molar-refractivity contribution in [2.24, 2.45) is 0 Å². The van der Waals surface area contributed by atoms with Gasteiger partial charge < -0.3 is 14.8 Å². The SMILES string of the molecule is CCN(CC)c1ccc(/C=C2\SC(=S)N(CCCC(=O)[O-])C2=O)cc1. The molecule has 0 aromatic heterocycles. The number of carbonyl (C=O) groups excluding carboxylic acids is 2. The molecule has 1 aromatic rings. The third-order valence-corrected chi connectivity index (χ3v) is 5.33. The molecule has 1 amide bonds. The van der Waals surface area contributed by atoms with Gasteiger partial charge in [-0.05, 0) is 50.5 Å². The maximum absolute atomic E-state index is 12.4. The molecule has 0 spiro atoms. The van der Waals surface area contributed by atoms with E-state index < -0.39 is 5.97 Å². The van der Waals surface area contributed by atoms with Gasteiger partial charge in [0.05, 0.1) is 4.91 Å². The van der Waals surface area contributed by atoms with Crippen LogP contribution in [0.15, 0.2) is 29.2 Å². The molecule has 1 aliphatic rings. The smallest absolute Gasteiger partial charge is 0.266 e. The fourth-order valence-corrected chi connectivity index (χ4v) is 3.90. The molecule has 25 heavy (non-hydrogen) atoms. The summed E-state index contributed by atoms with van der Waals surface area (Å²) in [4.78, 5) is 27.2. The zero-order valence-electron chi connectivity index (χ0n) is 14.4. The first kappa shape index (κ1) is 19.5. The van der Waals surface area contributed by atoms with Crippen LogP contribution in [0.1, 0.15) is 32.3 Å².